The van der Waals surface area contributed by atoms with Crippen molar-refractivity contribution in [3.63, 3.8) is 0 Å². The monoisotopic (exact) mass is 236 g/mol. The average Bonchev–Trinajstić information content (AvgIpc) is 2.77. The third-order valence-corrected chi connectivity index (χ3v) is 3.94. The molecule has 0 aromatic carbocycles. The molecule has 2 N–H and O–H groups in total. The summed E-state index contributed by atoms with van der Waals surface area (Å²) in [5.41, 5.74) is 7.23. The molecule has 0 saturated carbocycles. The topological polar surface area (TPSA) is 47.1 Å². The van der Waals surface area contributed by atoms with Gasteiger partial charge in [0.15, 0.2) is 0 Å². The second-order valence-corrected chi connectivity index (χ2v) is 5.03. The average molecular weight is 236 g/mol. The van der Waals surface area contributed by atoms with Crippen LogP contribution in [0.2, 0.25) is 0 Å². The molecule has 0 bridgehead atoms. The van der Waals surface area contributed by atoms with Crippen molar-refractivity contribution in [2.75, 3.05) is 13.1 Å². The zero-order valence-electron chi connectivity index (χ0n) is 11.0. The van der Waals surface area contributed by atoms with E-state index in [-0.39, 0.29) is 0 Å². The predicted molar refractivity (Wildman–Crippen MR) is 69.6 cm³/mol. The Hall–Kier alpha value is -0.870. The summed E-state index contributed by atoms with van der Waals surface area (Å²) in [6.07, 6.45) is 4.49. The highest BCUT2D eigenvalue weighted by Gasteiger charge is 2.27. The Kier molecular flexibility index (Phi) is 4.18. The molecular weight excluding hydrogens is 212 g/mol. The van der Waals surface area contributed by atoms with E-state index < -0.39 is 0 Å². The number of aromatic nitrogens is 2. The van der Waals surface area contributed by atoms with Gasteiger partial charge in [0.2, 0.25) is 0 Å². The number of aryl methyl sites for hydroxylation is 1. The van der Waals surface area contributed by atoms with Crippen LogP contribution in [-0.4, -0.2) is 33.8 Å². The zero-order valence-corrected chi connectivity index (χ0v) is 11.0. The Balaban J connectivity index is 2.06. The van der Waals surface area contributed by atoms with Crippen LogP contribution >= 0.6 is 0 Å². The summed E-state index contributed by atoms with van der Waals surface area (Å²) < 4.78 is 2.08. The molecule has 2 rings (SSSR count). The van der Waals surface area contributed by atoms with Gasteiger partial charge in [0.05, 0.1) is 5.69 Å². The van der Waals surface area contributed by atoms with E-state index >= 15 is 0 Å². The first kappa shape index (κ1) is 12.6. The van der Waals surface area contributed by atoms with E-state index in [9.17, 15) is 0 Å². The van der Waals surface area contributed by atoms with Crippen molar-refractivity contribution in [3.05, 3.63) is 18.0 Å². The lowest BCUT2D eigenvalue weighted by molar-refractivity contribution is 0.0962. The van der Waals surface area contributed by atoms with Gasteiger partial charge in [0, 0.05) is 31.9 Å². The smallest absolute Gasteiger partial charge is 0.0524 e. The molecule has 1 fully saturated rings. The molecule has 1 aliphatic heterocycles. The predicted octanol–water partition coefficient (Wildman–Crippen LogP) is 1.46. The molecule has 2 atom stereocenters. The first-order chi connectivity index (χ1) is 8.26. The summed E-state index contributed by atoms with van der Waals surface area (Å²) in [5, 5.41) is 4.33. The molecule has 0 amide bonds. The lowest BCUT2D eigenvalue weighted by Gasteiger charge is -2.39. The van der Waals surface area contributed by atoms with Gasteiger partial charge in [-0.15, -0.1) is 0 Å². The molecule has 0 spiro atoms. The van der Waals surface area contributed by atoms with Crippen LogP contribution in [0.3, 0.4) is 0 Å². The van der Waals surface area contributed by atoms with E-state index in [4.69, 9.17) is 5.73 Å². The van der Waals surface area contributed by atoms with Gasteiger partial charge in [-0.05, 0) is 38.3 Å². The fourth-order valence-electron chi connectivity index (χ4n) is 2.90. The number of rotatable bonds is 4. The number of likely N-dealkylation sites (tertiary alicyclic amines) is 1. The quantitative estimate of drug-likeness (QED) is 0.861. The van der Waals surface area contributed by atoms with Crippen LogP contribution in [0.1, 0.15) is 32.4 Å². The first-order valence-electron chi connectivity index (χ1n) is 6.71. The van der Waals surface area contributed by atoms with Crippen molar-refractivity contribution in [1.29, 1.82) is 0 Å². The largest absolute Gasteiger partial charge is 0.329 e. The van der Waals surface area contributed by atoms with Crippen molar-refractivity contribution < 1.29 is 0 Å². The minimum Gasteiger partial charge on any atom is -0.329 e. The van der Waals surface area contributed by atoms with Crippen LogP contribution in [0.25, 0.3) is 0 Å². The Bertz CT molecular complexity index is 347. The van der Waals surface area contributed by atoms with Crippen LogP contribution in [0.15, 0.2) is 12.3 Å². The summed E-state index contributed by atoms with van der Waals surface area (Å²) >= 11 is 0. The van der Waals surface area contributed by atoms with Gasteiger partial charge < -0.3 is 5.73 Å². The van der Waals surface area contributed by atoms with Gasteiger partial charge in [-0.1, -0.05) is 6.92 Å². The molecule has 0 radical (unpaired) electrons. The van der Waals surface area contributed by atoms with Crippen LogP contribution in [0, 0.1) is 5.92 Å². The van der Waals surface area contributed by atoms with Crippen LogP contribution < -0.4 is 5.73 Å². The van der Waals surface area contributed by atoms with Crippen molar-refractivity contribution in [1.82, 2.24) is 14.7 Å². The Morgan fingerprint density at radius 1 is 1.53 bits per heavy atom. The summed E-state index contributed by atoms with van der Waals surface area (Å²) in [7, 11) is 0. The highest BCUT2D eigenvalue weighted by atomic mass is 15.3. The van der Waals surface area contributed by atoms with E-state index in [0.29, 0.717) is 12.0 Å². The SMILES string of the molecule is CCn1nccc1CN1CCCC(C)C1CN. The molecule has 1 saturated heterocycles. The van der Waals surface area contributed by atoms with E-state index in [0.717, 1.165) is 19.6 Å². The maximum atomic E-state index is 5.92. The Labute approximate surface area is 104 Å². The van der Waals surface area contributed by atoms with Crippen molar-refractivity contribution in [3.8, 4) is 0 Å². The second-order valence-electron chi connectivity index (χ2n) is 5.03. The summed E-state index contributed by atoms with van der Waals surface area (Å²) in [6.45, 7) is 8.32. The number of nitrogens with two attached hydrogens (primary N) is 1. The number of nitrogens with zero attached hydrogens (tertiary/aromatic N) is 3. The van der Waals surface area contributed by atoms with Gasteiger partial charge >= 0.3 is 0 Å². The summed E-state index contributed by atoms with van der Waals surface area (Å²) in [6, 6.07) is 2.65. The zero-order chi connectivity index (χ0) is 12.3. The van der Waals surface area contributed by atoms with Gasteiger partial charge in [-0.3, -0.25) is 9.58 Å². The van der Waals surface area contributed by atoms with E-state index in [2.05, 4.69) is 34.6 Å². The Morgan fingerprint density at radius 3 is 3.06 bits per heavy atom. The van der Waals surface area contributed by atoms with E-state index in [1.54, 1.807) is 0 Å². The molecule has 0 aliphatic carbocycles. The molecule has 2 heterocycles. The summed E-state index contributed by atoms with van der Waals surface area (Å²) in [5.74, 6) is 0.715. The van der Waals surface area contributed by atoms with E-state index in [1.807, 2.05) is 6.20 Å². The fourth-order valence-corrected chi connectivity index (χ4v) is 2.90. The van der Waals surface area contributed by atoms with E-state index in [1.165, 1.54) is 25.1 Å². The normalized spacial score (nSPS) is 26.3. The minimum atomic E-state index is 0.531. The lowest BCUT2D eigenvalue weighted by Crippen LogP contribution is -2.48. The molecule has 2 unspecified atom stereocenters. The molecule has 96 valence electrons. The second kappa shape index (κ2) is 5.65. The number of piperidine rings is 1. The highest BCUT2D eigenvalue weighted by molar-refractivity contribution is 5.01. The van der Waals surface area contributed by atoms with Gasteiger partial charge in [0.1, 0.15) is 0 Å². The van der Waals surface area contributed by atoms with Gasteiger partial charge in [0.25, 0.3) is 0 Å². The van der Waals surface area contributed by atoms with Crippen molar-refractivity contribution in [2.45, 2.75) is 45.8 Å². The molecule has 1 aliphatic rings. The van der Waals surface area contributed by atoms with Gasteiger partial charge in [-0.2, -0.15) is 5.10 Å². The maximum absolute atomic E-state index is 5.92. The summed E-state index contributed by atoms with van der Waals surface area (Å²) in [4.78, 5) is 2.53. The molecule has 17 heavy (non-hydrogen) atoms. The minimum absolute atomic E-state index is 0.531. The highest BCUT2D eigenvalue weighted by Crippen LogP contribution is 2.24. The molecule has 1 aromatic heterocycles. The van der Waals surface area contributed by atoms with Crippen LogP contribution in [0.5, 0.6) is 0 Å². The number of hydrogen-bond acceptors (Lipinski definition) is 3. The van der Waals surface area contributed by atoms with Crippen molar-refractivity contribution >= 4 is 0 Å². The van der Waals surface area contributed by atoms with Crippen molar-refractivity contribution in [2.24, 2.45) is 11.7 Å². The fraction of sp³-hybridized carbons (Fsp3) is 0.769. The van der Waals surface area contributed by atoms with Crippen LogP contribution in [-0.2, 0) is 13.1 Å². The third-order valence-electron chi connectivity index (χ3n) is 3.94. The molecule has 4 nitrogen and oxygen atoms in total. The first-order valence-corrected chi connectivity index (χ1v) is 6.71. The Morgan fingerprint density at radius 2 is 2.35 bits per heavy atom. The standard InChI is InChI=1S/C13H24N4/c1-3-17-12(6-7-15-17)10-16-8-4-5-11(2)13(16)9-14/h6-7,11,13H,3-5,8-10,14H2,1-2H3. The van der Waals surface area contributed by atoms with Gasteiger partial charge in [-0.25, -0.2) is 0 Å². The number of hydrogen-bond donors (Lipinski definition) is 1. The van der Waals surface area contributed by atoms with Crippen LogP contribution in [0.4, 0.5) is 0 Å². The molecule has 4 heteroatoms. The maximum Gasteiger partial charge on any atom is 0.0524 e. The molecular formula is C13H24N4. The molecule has 1 aromatic rings. The third kappa shape index (κ3) is 2.69. The lowest BCUT2D eigenvalue weighted by atomic mass is 9.90.